The topological polar surface area (TPSA) is 75.3 Å². The maximum absolute atomic E-state index is 12.6. The largest absolute Gasteiger partial charge is 0.325 e. The van der Waals surface area contributed by atoms with E-state index in [1.165, 1.54) is 46.7 Å². The van der Waals surface area contributed by atoms with Crippen molar-refractivity contribution < 1.29 is 13.2 Å². The predicted molar refractivity (Wildman–Crippen MR) is 134 cm³/mol. The lowest BCUT2D eigenvalue weighted by Gasteiger charge is -2.11. The van der Waals surface area contributed by atoms with Gasteiger partial charge in [-0.05, 0) is 55.8 Å². The van der Waals surface area contributed by atoms with Crippen molar-refractivity contribution in [2.45, 2.75) is 24.5 Å². The third kappa shape index (κ3) is 6.65. The maximum Gasteiger partial charge on any atom is 0.261 e. The van der Waals surface area contributed by atoms with Gasteiger partial charge in [-0.25, -0.2) is 8.42 Å². The first-order chi connectivity index (χ1) is 15.1. The second-order valence-electron chi connectivity index (χ2n) is 7.27. The number of hydrogen-bond acceptors (Lipinski definition) is 4. The SMILES string of the molecule is Cc1cc(C)cc(CSCC(=O)Nc2ccc(S(=O)(=O)Nc3cccc(Cl)c3Cl)cc2)c1. The summed E-state index contributed by atoms with van der Waals surface area (Å²) in [5.74, 6) is 0.881. The number of carbonyl (C=O) groups is 1. The molecule has 0 heterocycles. The average Bonchev–Trinajstić information content (AvgIpc) is 2.71. The van der Waals surface area contributed by atoms with E-state index in [0.29, 0.717) is 11.4 Å². The van der Waals surface area contributed by atoms with E-state index in [4.69, 9.17) is 23.2 Å². The minimum atomic E-state index is -3.86. The predicted octanol–water partition coefficient (Wildman–Crippen LogP) is 6.28. The zero-order chi connectivity index (χ0) is 23.3. The molecule has 0 saturated heterocycles. The second kappa shape index (κ2) is 10.6. The molecule has 0 bridgehead atoms. The minimum Gasteiger partial charge on any atom is -0.325 e. The minimum absolute atomic E-state index is 0.0377. The van der Waals surface area contributed by atoms with E-state index < -0.39 is 10.0 Å². The molecule has 0 radical (unpaired) electrons. The average molecular weight is 509 g/mol. The Kier molecular flexibility index (Phi) is 8.11. The Hall–Kier alpha value is -2.19. The van der Waals surface area contributed by atoms with Crippen molar-refractivity contribution in [3.8, 4) is 0 Å². The molecule has 0 saturated carbocycles. The molecule has 0 aromatic heterocycles. The Morgan fingerprint density at radius 3 is 2.28 bits per heavy atom. The number of amides is 1. The number of nitrogens with one attached hydrogen (secondary N) is 2. The number of benzene rings is 3. The third-order valence-electron chi connectivity index (χ3n) is 4.43. The zero-order valence-corrected chi connectivity index (χ0v) is 20.6. The molecule has 0 aliphatic heterocycles. The fourth-order valence-electron chi connectivity index (χ4n) is 3.11. The Morgan fingerprint density at radius 1 is 0.969 bits per heavy atom. The second-order valence-corrected chi connectivity index (χ2v) is 10.7. The molecule has 0 aliphatic rings. The molecule has 3 rings (SSSR count). The van der Waals surface area contributed by atoms with Gasteiger partial charge in [0.15, 0.2) is 0 Å². The van der Waals surface area contributed by atoms with Gasteiger partial charge in [0, 0.05) is 11.4 Å². The summed E-state index contributed by atoms with van der Waals surface area (Å²) in [4.78, 5) is 12.3. The van der Waals surface area contributed by atoms with Gasteiger partial charge in [-0.3, -0.25) is 9.52 Å². The van der Waals surface area contributed by atoms with Crippen LogP contribution in [0.2, 0.25) is 10.0 Å². The van der Waals surface area contributed by atoms with E-state index in [0.717, 1.165) is 5.75 Å². The Balaban J connectivity index is 1.56. The zero-order valence-electron chi connectivity index (χ0n) is 17.5. The number of anilines is 2. The van der Waals surface area contributed by atoms with E-state index in [-0.39, 0.29) is 26.5 Å². The van der Waals surface area contributed by atoms with Crippen LogP contribution in [0.5, 0.6) is 0 Å². The van der Waals surface area contributed by atoms with E-state index in [1.54, 1.807) is 24.3 Å². The van der Waals surface area contributed by atoms with Crippen molar-refractivity contribution in [1.82, 2.24) is 0 Å². The van der Waals surface area contributed by atoms with Gasteiger partial charge in [-0.2, -0.15) is 0 Å². The summed E-state index contributed by atoms with van der Waals surface area (Å²) in [6, 6.07) is 16.9. The smallest absolute Gasteiger partial charge is 0.261 e. The van der Waals surface area contributed by atoms with Gasteiger partial charge in [0.25, 0.3) is 10.0 Å². The van der Waals surface area contributed by atoms with Crippen LogP contribution in [-0.2, 0) is 20.6 Å². The Morgan fingerprint density at radius 2 is 1.62 bits per heavy atom. The molecular weight excluding hydrogens is 487 g/mol. The van der Waals surface area contributed by atoms with Gasteiger partial charge in [-0.1, -0.05) is 58.6 Å². The monoisotopic (exact) mass is 508 g/mol. The molecule has 32 heavy (non-hydrogen) atoms. The van der Waals surface area contributed by atoms with Crippen LogP contribution in [0.3, 0.4) is 0 Å². The highest BCUT2D eigenvalue weighted by Gasteiger charge is 2.17. The first-order valence-corrected chi connectivity index (χ1v) is 13.0. The van der Waals surface area contributed by atoms with Crippen LogP contribution in [0.4, 0.5) is 11.4 Å². The van der Waals surface area contributed by atoms with Gasteiger partial charge in [-0.15, -0.1) is 11.8 Å². The van der Waals surface area contributed by atoms with Gasteiger partial charge in [0.05, 0.1) is 26.4 Å². The first kappa shape index (κ1) is 24.5. The van der Waals surface area contributed by atoms with E-state index >= 15 is 0 Å². The highest BCUT2D eigenvalue weighted by Crippen LogP contribution is 2.31. The van der Waals surface area contributed by atoms with Crippen LogP contribution >= 0.6 is 35.0 Å². The van der Waals surface area contributed by atoms with Crippen LogP contribution in [-0.4, -0.2) is 20.1 Å². The van der Waals surface area contributed by atoms with Crippen molar-refractivity contribution in [3.05, 3.63) is 87.4 Å². The van der Waals surface area contributed by atoms with Crippen LogP contribution in [0, 0.1) is 13.8 Å². The summed E-state index contributed by atoms with van der Waals surface area (Å²) in [5, 5.41) is 3.16. The molecule has 3 aromatic rings. The highest BCUT2D eigenvalue weighted by atomic mass is 35.5. The molecule has 3 aromatic carbocycles. The fraction of sp³-hybridized carbons (Fsp3) is 0.174. The van der Waals surface area contributed by atoms with Gasteiger partial charge in [0.1, 0.15) is 0 Å². The highest BCUT2D eigenvalue weighted by molar-refractivity contribution is 7.99. The van der Waals surface area contributed by atoms with E-state index in [2.05, 4.69) is 42.1 Å². The number of aryl methyl sites for hydroxylation is 2. The maximum atomic E-state index is 12.6. The number of carbonyl (C=O) groups excluding carboxylic acids is 1. The summed E-state index contributed by atoms with van der Waals surface area (Å²) >= 11 is 13.5. The lowest BCUT2D eigenvalue weighted by Crippen LogP contribution is -2.15. The molecule has 0 unspecified atom stereocenters. The molecule has 0 spiro atoms. The molecule has 0 atom stereocenters. The number of hydrogen-bond donors (Lipinski definition) is 2. The van der Waals surface area contributed by atoms with Crippen molar-refractivity contribution in [2.24, 2.45) is 0 Å². The van der Waals surface area contributed by atoms with E-state index in [1.807, 2.05) is 0 Å². The third-order valence-corrected chi connectivity index (χ3v) is 7.63. The van der Waals surface area contributed by atoms with Crippen molar-refractivity contribution in [3.63, 3.8) is 0 Å². The summed E-state index contributed by atoms with van der Waals surface area (Å²) in [7, 11) is -3.86. The Bertz CT molecular complexity index is 1210. The molecule has 0 fully saturated rings. The molecule has 9 heteroatoms. The molecule has 2 N–H and O–H groups in total. The number of halogens is 2. The first-order valence-electron chi connectivity index (χ1n) is 9.66. The van der Waals surface area contributed by atoms with Crippen LogP contribution in [0.1, 0.15) is 16.7 Å². The van der Waals surface area contributed by atoms with Gasteiger partial charge >= 0.3 is 0 Å². The molecule has 168 valence electrons. The summed E-state index contributed by atoms with van der Waals surface area (Å²) in [6.07, 6.45) is 0. The lowest BCUT2D eigenvalue weighted by atomic mass is 10.1. The van der Waals surface area contributed by atoms with Crippen LogP contribution in [0.25, 0.3) is 0 Å². The normalized spacial score (nSPS) is 11.2. The number of rotatable bonds is 8. The quantitative estimate of drug-likeness (QED) is 0.375. The molecule has 1 amide bonds. The van der Waals surface area contributed by atoms with Crippen molar-refractivity contribution in [1.29, 1.82) is 0 Å². The van der Waals surface area contributed by atoms with Gasteiger partial charge in [0.2, 0.25) is 5.91 Å². The summed E-state index contributed by atoms with van der Waals surface area (Å²) in [5.41, 5.74) is 4.29. The molecule has 5 nitrogen and oxygen atoms in total. The summed E-state index contributed by atoms with van der Waals surface area (Å²) in [6.45, 7) is 4.10. The lowest BCUT2D eigenvalue weighted by molar-refractivity contribution is -0.113. The van der Waals surface area contributed by atoms with Crippen molar-refractivity contribution >= 4 is 62.3 Å². The van der Waals surface area contributed by atoms with Crippen LogP contribution in [0.15, 0.2) is 65.6 Å². The molecular formula is C23H22Cl2N2O3S2. The van der Waals surface area contributed by atoms with Crippen LogP contribution < -0.4 is 10.0 Å². The van der Waals surface area contributed by atoms with E-state index in [9.17, 15) is 13.2 Å². The summed E-state index contributed by atoms with van der Waals surface area (Å²) < 4.78 is 27.7. The molecule has 0 aliphatic carbocycles. The number of thioether (sulfide) groups is 1. The van der Waals surface area contributed by atoms with Crippen molar-refractivity contribution in [2.75, 3.05) is 15.8 Å². The fourth-order valence-corrected chi connectivity index (χ4v) is 5.35. The Labute approximate surface area is 202 Å². The van der Waals surface area contributed by atoms with Gasteiger partial charge < -0.3 is 5.32 Å². The standard InChI is InChI=1S/C23H22Cl2N2O3S2/c1-15-10-16(2)12-17(11-15)13-31-14-22(28)26-18-6-8-19(9-7-18)32(29,30)27-21-5-3-4-20(24)23(21)25/h3-12,27H,13-14H2,1-2H3,(H,26,28). The number of sulfonamides is 1.